The molecule has 0 aromatic carbocycles. The summed E-state index contributed by atoms with van der Waals surface area (Å²) in [6, 6.07) is 1.29. The summed E-state index contributed by atoms with van der Waals surface area (Å²) in [5, 5.41) is 10.0. The largest absolute Gasteiger partial charge is 0.479 e. The molecule has 0 spiro atoms. The Morgan fingerprint density at radius 2 is 1.90 bits per heavy atom. The second-order valence-corrected chi connectivity index (χ2v) is 13.9. The summed E-state index contributed by atoms with van der Waals surface area (Å²) in [6.07, 6.45) is -2.56. The first-order chi connectivity index (χ1) is 13.5. The number of ether oxygens (including phenoxy) is 1. The third-order valence-electron chi connectivity index (χ3n) is 3.67. The van der Waals surface area contributed by atoms with E-state index < -0.39 is 57.6 Å². The number of aliphatic hydroxyl groups excluding tert-OH is 1. The number of aromatic nitrogens is 2. The van der Waals surface area contributed by atoms with Crippen LogP contribution in [0, 0.1) is 0 Å². The molecule has 0 aliphatic carbocycles. The quantitative estimate of drug-likeness (QED) is 0.191. The molecule has 1 aliphatic heterocycles. The number of alkyl halides is 2. The van der Waals surface area contributed by atoms with E-state index in [1.54, 1.807) is 0 Å². The molecule has 0 saturated carbocycles. The minimum atomic E-state index is -5.83. The fraction of sp³-hybridized carbons (Fsp3) is 0.600. The summed E-state index contributed by atoms with van der Waals surface area (Å²) in [5.74, 6) is -0.0496. The molecule has 2 unspecified atom stereocenters. The number of hydrogen-bond acceptors (Lipinski definition) is 10. The number of aliphatic hydroxyl groups is 1. The molecule has 1 aromatic rings. The number of nitrogen functional groups attached to an aromatic ring is 1. The zero-order chi connectivity index (χ0) is 23.1. The van der Waals surface area contributed by atoms with Crippen molar-refractivity contribution >= 4 is 52.0 Å². The van der Waals surface area contributed by atoms with Crippen molar-refractivity contribution in [1.82, 2.24) is 9.55 Å². The number of nitrogens with two attached hydrogens (primary N) is 1. The Labute approximate surface area is 177 Å². The molecular formula is C10H16Cl2N3O12P3. The number of phosphoric acid groups is 1. The van der Waals surface area contributed by atoms with Gasteiger partial charge in [-0.3, -0.25) is 18.2 Å². The van der Waals surface area contributed by atoms with Gasteiger partial charge in [-0.1, -0.05) is 23.2 Å². The van der Waals surface area contributed by atoms with Crippen LogP contribution in [0.25, 0.3) is 0 Å². The van der Waals surface area contributed by atoms with Gasteiger partial charge in [0.2, 0.25) is 0 Å². The van der Waals surface area contributed by atoms with E-state index in [9.17, 15) is 33.4 Å². The lowest BCUT2D eigenvalue weighted by Crippen LogP contribution is -2.28. The monoisotopic (exact) mass is 533 g/mol. The Morgan fingerprint density at radius 3 is 2.43 bits per heavy atom. The van der Waals surface area contributed by atoms with Gasteiger partial charge in [0.1, 0.15) is 18.1 Å². The fourth-order valence-corrected chi connectivity index (χ4v) is 6.46. The van der Waals surface area contributed by atoms with E-state index in [0.29, 0.717) is 0 Å². The number of hydrogen-bond donors (Lipinski definition) is 6. The normalized spacial score (nSPS) is 26.8. The van der Waals surface area contributed by atoms with Gasteiger partial charge in [0, 0.05) is 12.6 Å². The zero-order valence-electron chi connectivity index (χ0n) is 14.5. The van der Waals surface area contributed by atoms with E-state index >= 15 is 0 Å². The average molecular weight is 534 g/mol. The molecule has 30 heavy (non-hydrogen) atoms. The Hall–Kier alpha value is -0.370. The van der Waals surface area contributed by atoms with Crippen molar-refractivity contribution in [3.05, 3.63) is 22.7 Å². The SMILES string of the molecule is Nc1ccn([C@H]2C[C@H](O)[C@H](COP(=O)(O)OP(=O)(O)C(Cl)(Cl)P(=O)(O)O)O2)c(=O)n1. The van der Waals surface area contributed by atoms with E-state index in [-0.39, 0.29) is 12.2 Å². The molecule has 1 aliphatic rings. The van der Waals surface area contributed by atoms with Crippen molar-refractivity contribution in [1.29, 1.82) is 0 Å². The molecule has 2 heterocycles. The van der Waals surface area contributed by atoms with E-state index in [4.69, 9.17) is 43.5 Å². The Balaban J connectivity index is 2.05. The Morgan fingerprint density at radius 1 is 1.30 bits per heavy atom. The van der Waals surface area contributed by atoms with Crippen LogP contribution in [0.5, 0.6) is 0 Å². The molecule has 1 aromatic heterocycles. The zero-order valence-corrected chi connectivity index (χ0v) is 18.7. The predicted molar refractivity (Wildman–Crippen MR) is 101 cm³/mol. The third-order valence-corrected chi connectivity index (χ3v) is 11.4. The summed E-state index contributed by atoms with van der Waals surface area (Å²) in [7, 11) is -17.0. The molecule has 172 valence electrons. The lowest BCUT2D eigenvalue weighted by Gasteiger charge is -2.26. The summed E-state index contributed by atoms with van der Waals surface area (Å²) in [4.78, 5) is 52.2. The highest BCUT2D eigenvalue weighted by atomic mass is 35.5. The molecule has 2 rings (SSSR count). The molecule has 0 amide bonds. The van der Waals surface area contributed by atoms with Gasteiger partial charge in [-0.2, -0.15) is 4.98 Å². The number of halogens is 2. The molecular weight excluding hydrogens is 518 g/mol. The molecule has 0 radical (unpaired) electrons. The maximum atomic E-state index is 11.9. The lowest BCUT2D eigenvalue weighted by atomic mass is 10.2. The summed E-state index contributed by atoms with van der Waals surface area (Å²) in [6.45, 7) is -0.893. The van der Waals surface area contributed by atoms with E-state index in [1.165, 1.54) is 12.3 Å². The van der Waals surface area contributed by atoms with Crippen LogP contribution in [0.1, 0.15) is 12.6 Å². The Bertz CT molecular complexity index is 998. The summed E-state index contributed by atoms with van der Waals surface area (Å²) < 4.78 is 45.8. The van der Waals surface area contributed by atoms with Crippen LogP contribution in [-0.4, -0.2) is 56.9 Å². The van der Waals surface area contributed by atoms with Crippen LogP contribution in [-0.2, 0) is 27.3 Å². The fourth-order valence-electron chi connectivity index (χ4n) is 2.23. The van der Waals surface area contributed by atoms with Crippen LogP contribution in [0.3, 0.4) is 0 Å². The molecule has 5 atom stereocenters. The first kappa shape index (κ1) is 25.9. The maximum Gasteiger partial charge on any atom is 0.479 e. The van der Waals surface area contributed by atoms with Gasteiger partial charge in [-0.05, 0) is 6.07 Å². The van der Waals surface area contributed by atoms with Gasteiger partial charge in [-0.15, -0.1) is 0 Å². The number of anilines is 1. The van der Waals surface area contributed by atoms with Crippen molar-refractivity contribution in [2.75, 3.05) is 12.3 Å². The van der Waals surface area contributed by atoms with Gasteiger partial charge in [0.15, 0.2) is 0 Å². The van der Waals surface area contributed by atoms with Crippen molar-refractivity contribution in [2.24, 2.45) is 0 Å². The second-order valence-electron chi connectivity index (χ2n) is 5.89. The van der Waals surface area contributed by atoms with Crippen molar-refractivity contribution in [3.8, 4) is 0 Å². The number of nitrogens with zero attached hydrogens (tertiary/aromatic N) is 2. The van der Waals surface area contributed by atoms with Gasteiger partial charge in [0.05, 0.1) is 12.7 Å². The van der Waals surface area contributed by atoms with Crippen molar-refractivity contribution in [3.63, 3.8) is 0 Å². The standard InChI is InChI=1S/C10H16Cl2N3O12P3/c11-10(12,28(18,19)20)29(21,22)27-30(23,24)25-4-6-5(16)3-8(26-6)15-2-1-7(13)14-9(15)17/h1-2,5-6,8,16H,3-4H2,(H,21,22)(H,23,24)(H2,13,14,17)(H2,18,19,20)/t5-,6-,8+/m0/s1. The van der Waals surface area contributed by atoms with Gasteiger partial charge in [-0.25, -0.2) is 13.7 Å². The summed E-state index contributed by atoms with van der Waals surface area (Å²) >= 11 is 10.3. The van der Waals surface area contributed by atoms with E-state index in [0.717, 1.165) is 4.57 Å². The van der Waals surface area contributed by atoms with Crippen LogP contribution in [0.15, 0.2) is 17.1 Å². The Kier molecular flexibility index (Phi) is 7.66. The predicted octanol–water partition coefficient (Wildman–Crippen LogP) is 0.0595. The first-order valence-electron chi connectivity index (χ1n) is 7.60. The van der Waals surface area contributed by atoms with Gasteiger partial charge < -0.3 is 35.2 Å². The second kappa shape index (κ2) is 8.87. The average Bonchev–Trinajstić information content (AvgIpc) is 2.91. The minimum Gasteiger partial charge on any atom is -0.390 e. The highest BCUT2D eigenvalue weighted by Crippen LogP contribution is 2.79. The van der Waals surface area contributed by atoms with E-state index in [1.807, 2.05) is 0 Å². The topological polar surface area (TPSA) is 241 Å². The number of phosphoric ester groups is 1. The van der Waals surface area contributed by atoms with Crippen LogP contribution in [0.2, 0.25) is 0 Å². The maximum absolute atomic E-state index is 11.9. The highest BCUT2D eigenvalue weighted by Gasteiger charge is 2.62. The summed E-state index contributed by atoms with van der Waals surface area (Å²) in [5.41, 5.74) is 4.58. The molecule has 15 nitrogen and oxygen atoms in total. The van der Waals surface area contributed by atoms with Crippen molar-refractivity contribution in [2.45, 2.75) is 28.7 Å². The van der Waals surface area contributed by atoms with Crippen LogP contribution < -0.4 is 11.4 Å². The van der Waals surface area contributed by atoms with Crippen LogP contribution >= 0.6 is 46.2 Å². The first-order valence-corrected chi connectivity index (χ1v) is 13.0. The van der Waals surface area contributed by atoms with Gasteiger partial charge in [0.25, 0.3) is 0 Å². The molecule has 1 saturated heterocycles. The number of rotatable bonds is 8. The molecule has 1 fully saturated rings. The lowest BCUT2D eigenvalue weighted by molar-refractivity contribution is -0.0447. The van der Waals surface area contributed by atoms with Crippen LogP contribution in [0.4, 0.5) is 5.82 Å². The highest BCUT2D eigenvalue weighted by molar-refractivity contribution is 7.81. The smallest absolute Gasteiger partial charge is 0.390 e. The third kappa shape index (κ3) is 5.70. The molecule has 0 bridgehead atoms. The van der Waals surface area contributed by atoms with Crippen molar-refractivity contribution < 1.29 is 51.9 Å². The molecule has 20 heteroatoms. The minimum absolute atomic E-state index is 0.0496. The van der Waals surface area contributed by atoms with E-state index in [2.05, 4.69) is 13.8 Å². The van der Waals surface area contributed by atoms with Gasteiger partial charge >= 0.3 is 32.5 Å². The molecule has 7 N–H and O–H groups in total.